The van der Waals surface area contributed by atoms with Gasteiger partial charge in [0, 0.05) is 17.6 Å². The average molecular weight is 291 g/mol. The SMILES string of the molecule is O=C1C(Br)CCCN1Cc1csc(=O)[nH]1. The molecule has 2 rings (SSSR count). The molecule has 15 heavy (non-hydrogen) atoms. The molecule has 1 atom stereocenters. The van der Waals surface area contributed by atoms with Gasteiger partial charge in [0.25, 0.3) is 0 Å². The van der Waals surface area contributed by atoms with Crippen molar-refractivity contribution in [3.63, 3.8) is 0 Å². The van der Waals surface area contributed by atoms with E-state index in [0.717, 1.165) is 36.4 Å². The number of aromatic amines is 1. The summed E-state index contributed by atoms with van der Waals surface area (Å²) >= 11 is 4.49. The van der Waals surface area contributed by atoms with Crippen LogP contribution in [0.3, 0.4) is 0 Å². The zero-order valence-corrected chi connectivity index (χ0v) is 10.4. The summed E-state index contributed by atoms with van der Waals surface area (Å²) in [5.74, 6) is 0.119. The molecule has 82 valence electrons. The monoisotopic (exact) mass is 290 g/mol. The molecule has 0 aliphatic carbocycles. The van der Waals surface area contributed by atoms with E-state index in [0.29, 0.717) is 6.54 Å². The normalized spacial score (nSPS) is 22.1. The van der Waals surface area contributed by atoms with Crippen LogP contribution in [0.5, 0.6) is 0 Å². The standard InChI is InChI=1S/C9H11BrN2O2S/c10-7-2-1-3-12(8(7)13)4-6-5-15-9(14)11-6/h5,7H,1-4H2,(H,11,14). The zero-order valence-electron chi connectivity index (χ0n) is 8.03. The van der Waals surface area contributed by atoms with Gasteiger partial charge in [-0.1, -0.05) is 27.3 Å². The molecular formula is C9H11BrN2O2S. The van der Waals surface area contributed by atoms with Gasteiger partial charge in [0.15, 0.2) is 0 Å². The molecule has 1 aliphatic heterocycles. The molecule has 2 heterocycles. The molecule has 1 aliphatic rings. The van der Waals surface area contributed by atoms with Crippen molar-refractivity contribution >= 4 is 33.2 Å². The van der Waals surface area contributed by atoms with Crippen molar-refractivity contribution < 1.29 is 4.79 Å². The Morgan fingerprint density at radius 3 is 3.07 bits per heavy atom. The molecule has 1 N–H and O–H groups in total. The van der Waals surface area contributed by atoms with Gasteiger partial charge in [-0.15, -0.1) is 0 Å². The largest absolute Gasteiger partial charge is 0.336 e. The number of likely N-dealkylation sites (tertiary alicyclic amines) is 1. The minimum Gasteiger partial charge on any atom is -0.336 e. The lowest BCUT2D eigenvalue weighted by molar-refractivity contribution is -0.133. The van der Waals surface area contributed by atoms with Crippen LogP contribution in [0.15, 0.2) is 10.2 Å². The van der Waals surface area contributed by atoms with Gasteiger partial charge in [0.05, 0.1) is 11.4 Å². The van der Waals surface area contributed by atoms with Crippen LogP contribution in [0.2, 0.25) is 0 Å². The first kappa shape index (κ1) is 10.9. The number of H-pyrrole nitrogens is 1. The summed E-state index contributed by atoms with van der Waals surface area (Å²) < 4.78 is 0. The molecule has 1 fully saturated rings. The molecule has 1 amide bonds. The van der Waals surface area contributed by atoms with E-state index in [1.807, 2.05) is 0 Å². The molecule has 0 saturated carbocycles. The summed E-state index contributed by atoms with van der Waals surface area (Å²) in [4.78, 5) is 27.0. The topological polar surface area (TPSA) is 53.2 Å². The second-order valence-electron chi connectivity index (χ2n) is 3.54. The Balaban J connectivity index is 2.05. The highest BCUT2D eigenvalue weighted by atomic mass is 79.9. The van der Waals surface area contributed by atoms with Crippen molar-refractivity contribution in [1.82, 2.24) is 9.88 Å². The smallest absolute Gasteiger partial charge is 0.304 e. The molecule has 6 heteroatoms. The van der Waals surface area contributed by atoms with Crippen LogP contribution in [-0.4, -0.2) is 27.2 Å². The van der Waals surface area contributed by atoms with Crippen LogP contribution in [-0.2, 0) is 11.3 Å². The molecule has 1 unspecified atom stereocenters. The number of hydrogen-bond donors (Lipinski definition) is 1. The summed E-state index contributed by atoms with van der Waals surface area (Å²) in [6.45, 7) is 1.29. The highest BCUT2D eigenvalue weighted by Gasteiger charge is 2.26. The van der Waals surface area contributed by atoms with E-state index in [1.165, 1.54) is 0 Å². The minimum absolute atomic E-state index is 0.0587. The Hall–Kier alpha value is -0.620. The summed E-state index contributed by atoms with van der Waals surface area (Å²) in [5.41, 5.74) is 0.819. The first-order valence-corrected chi connectivity index (χ1v) is 6.56. The highest BCUT2D eigenvalue weighted by Crippen LogP contribution is 2.19. The Morgan fingerprint density at radius 1 is 1.60 bits per heavy atom. The molecule has 1 aromatic rings. The fourth-order valence-corrected chi connectivity index (χ4v) is 2.83. The fraction of sp³-hybridized carbons (Fsp3) is 0.556. The number of rotatable bonds is 2. The second kappa shape index (κ2) is 4.49. The highest BCUT2D eigenvalue weighted by molar-refractivity contribution is 9.10. The number of alkyl halides is 1. The van der Waals surface area contributed by atoms with E-state index >= 15 is 0 Å². The second-order valence-corrected chi connectivity index (χ2v) is 5.49. The third-order valence-electron chi connectivity index (χ3n) is 2.40. The Morgan fingerprint density at radius 2 is 2.40 bits per heavy atom. The summed E-state index contributed by atoms with van der Waals surface area (Å²) in [7, 11) is 0. The molecule has 0 spiro atoms. The maximum atomic E-state index is 11.7. The number of carbonyl (C=O) groups is 1. The summed E-state index contributed by atoms with van der Waals surface area (Å²) in [6.07, 6.45) is 1.91. The van der Waals surface area contributed by atoms with E-state index in [9.17, 15) is 9.59 Å². The predicted molar refractivity (Wildman–Crippen MR) is 62.3 cm³/mol. The zero-order chi connectivity index (χ0) is 10.8. The average Bonchev–Trinajstić information content (AvgIpc) is 2.59. The molecule has 0 radical (unpaired) electrons. The lowest BCUT2D eigenvalue weighted by Gasteiger charge is -2.29. The molecule has 0 aromatic carbocycles. The molecule has 1 saturated heterocycles. The molecule has 4 nitrogen and oxygen atoms in total. The third-order valence-corrected chi connectivity index (χ3v) is 3.97. The van der Waals surface area contributed by atoms with Crippen LogP contribution in [0.4, 0.5) is 0 Å². The number of amides is 1. The number of piperidine rings is 1. The molecule has 1 aromatic heterocycles. The maximum Gasteiger partial charge on any atom is 0.304 e. The Bertz CT molecular complexity index is 414. The quantitative estimate of drug-likeness (QED) is 0.836. The van der Waals surface area contributed by atoms with Gasteiger partial charge in [0.1, 0.15) is 0 Å². The van der Waals surface area contributed by atoms with Crippen molar-refractivity contribution in [2.24, 2.45) is 0 Å². The van der Waals surface area contributed by atoms with Gasteiger partial charge < -0.3 is 9.88 Å². The third kappa shape index (κ3) is 2.49. The van der Waals surface area contributed by atoms with Gasteiger partial charge >= 0.3 is 4.87 Å². The first-order chi connectivity index (χ1) is 7.16. The number of thiazole rings is 1. The van der Waals surface area contributed by atoms with Gasteiger partial charge in [-0.2, -0.15) is 0 Å². The number of nitrogens with zero attached hydrogens (tertiary/aromatic N) is 1. The summed E-state index contributed by atoms with van der Waals surface area (Å²) in [5, 5.41) is 1.77. The predicted octanol–water partition coefficient (Wildman–Crippen LogP) is 1.32. The first-order valence-electron chi connectivity index (χ1n) is 4.76. The van der Waals surface area contributed by atoms with Crippen molar-refractivity contribution in [3.8, 4) is 0 Å². The maximum absolute atomic E-state index is 11.7. The van der Waals surface area contributed by atoms with Crippen molar-refractivity contribution in [3.05, 3.63) is 20.7 Å². The van der Waals surface area contributed by atoms with E-state index in [2.05, 4.69) is 20.9 Å². The fourth-order valence-electron chi connectivity index (χ4n) is 1.65. The molecular weight excluding hydrogens is 280 g/mol. The number of halogens is 1. The van der Waals surface area contributed by atoms with Crippen molar-refractivity contribution in [2.75, 3.05) is 6.54 Å². The van der Waals surface area contributed by atoms with Gasteiger partial charge in [-0.3, -0.25) is 9.59 Å². The van der Waals surface area contributed by atoms with Crippen molar-refractivity contribution in [1.29, 1.82) is 0 Å². The van der Waals surface area contributed by atoms with Gasteiger partial charge in [-0.05, 0) is 12.8 Å². The number of hydrogen-bond acceptors (Lipinski definition) is 3. The van der Waals surface area contributed by atoms with Crippen LogP contribution in [0.25, 0.3) is 0 Å². The minimum atomic E-state index is -0.0650. The summed E-state index contributed by atoms with van der Waals surface area (Å²) in [6, 6.07) is 0. The number of carbonyl (C=O) groups excluding carboxylic acids is 1. The van der Waals surface area contributed by atoms with Crippen molar-refractivity contribution in [2.45, 2.75) is 24.2 Å². The lowest BCUT2D eigenvalue weighted by Crippen LogP contribution is -2.41. The van der Waals surface area contributed by atoms with E-state index in [-0.39, 0.29) is 15.6 Å². The van der Waals surface area contributed by atoms with E-state index < -0.39 is 0 Å². The van der Waals surface area contributed by atoms with Crippen LogP contribution in [0.1, 0.15) is 18.5 Å². The number of nitrogens with one attached hydrogen (secondary N) is 1. The van der Waals surface area contributed by atoms with Gasteiger partial charge in [-0.25, -0.2) is 0 Å². The van der Waals surface area contributed by atoms with Crippen LogP contribution >= 0.6 is 27.3 Å². The number of aromatic nitrogens is 1. The molecule has 0 bridgehead atoms. The van der Waals surface area contributed by atoms with Gasteiger partial charge in [0.2, 0.25) is 5.91 Å². The Kier molecular flexibility index (Phi) is 3.25. The lowest BCUT2D eigenvalue weighted by atomic mass is 10.1. The van der Waals surface area contributed by atoms with E-state index in [1.54, 1.807) is 10.3 Å². The van der Waals surface area contributed by atoms with Crippen LogP contribution in [0, 0.1) is 0 Å². The Labute approximate surface area is 99.4 Å². The van der Waals surface area contributed by atoms with E-state index in [4.69, 9.17) is 0 Å². The van der Waals surface area contributed by atoms with Crippen LogP contribution < -0.4 is 4.87 Å².